The number of rotatable bonds is 5. The number of hydrogen-bond donors (Lipinski definition) is 2. The summed E-state index contributed by atoms with van der Waals surface area (Å²) in [6.45, 7) is 5.78. The molecule has 1 saturated carbocycles. The molecule has 0 unspecified atom stereocenters. The molecule has 0 radical (unpaired) electrons. The summed E-state index contributed by atoms with van der Waals surface area (Å²) in [6, 6.07) is 0.546. The van der Waals surface area contributed by atoms with Crippen LogP contribution in [0, 0.1) is 0 Å². The van der Waals surface area contributed by atoms with Gasteiger partial charge in [-0.25, -0.2) is 0 Å². The van der Waals surface area contributed by atoms with Crippen LogP contribution >= 0.6 is 0 Å². The SMILES string of the molecule is CCNCc1nnc(NC2(C)CCC2)o1. The van der Waals surface area contributed by atoms with Crippen LogP contribution in [0.2, 0.25) is 0 Å². The fraction of sp³-hybridized carbons (Fsp3) is 0.800. The molecule has 2 N–H and O–H groups in total. The van der Waals surface area contributed by atoms with Crippen LogP contribution in [0.25, 0.3) is 0 Å². The summed E-state index contributed by atoms with van der Waals surface area (Å²) in [6.07, 6.45) is 3.64. The average molecular weight is 210 g/mol. The predicted octanol–water partition coefficient (Wildman–Crippen LogP) is 1.53. The van der Waals surface area contributed by atoms with Gasteiger partial charge >= 0.3 is 6.01 Å². The van der Waals surface area contributed by atoms with Crippen LogP contribution in [-0.2, 0) is 6.54 Å². The van der Waals surface area contributed by atoms with E-state index in [9.17, 15) is 0 Å². The monoisotopic (exact) mass is 210 g/mol. The second kappa shape index (κ2) is 4.18. The molecular weight excluding hydrogens is 192 g/mol. The fourth-order valence-corrected chi connectivity index (χ4v) is 1.70. The molecule has 5 heteroatoms. The number of hydrogen-bond acceptors (Lipinski definition) is 5. The molecule has 0 bridgehead atoms. The molecule has 0 atom stereocenters. The molecule has 0 aromatic carbocycles. The molecule has 5 nitrogen and oxygen atoms in total. The van der Waals surface area contributed by atoms with Gasteiger partial charge in [0, 0.05) is 5.54 Å². The van der Waals surface area contributed by atoms with Crippen LogP contribution in [0.3, 0.4) is 0 Å². The maximum atomic E-state index is 5.46. The maximum Gasteiger partial charge on any atom is 0.315 e. The van der Waals surface area contributed by atoms with Crippen LogP contribution in [0.1, 0.15) is 39.0 Å². The van der Waals surface area contributed by atoms with E-state index < -0.39 is 0 Å². The highest BCUT2D eigenvalue weighted by atomic mass is 16.4. The molecule has 1 heterocycles. The van der Waals surface area contributed by atoms with Gasteiger partial charge in [0.15, 0.2) is 0 Å². The van der Waals surface area contributed by atoms with Crippen molar-refractivity contribution in [2.24, 2.45) is 0 Å². The van der Waals surface area contributed by atoms with Gasteiger partial charge in [0.2, 0.25) is 5.89 Å². The summed E-state index contributed by atoms with van der Waals surface area (Å²) in [5.41, 5.74) is 0.169. The third-order valence-corrected chi connectivity index (χ3v) is 2.86. The van der Waals surface area contributed by atoms with Crippen molar-refractivity contribution in [1.29, 1.82) is 0 Å². The third kappa shape index (κ3) is 2.47. The number of nitrogens with one attached hydrogen (secondary N) is 2. The largest absolute Gasteiger partial charge is 0.407 e. The Morgan fingerprint density at radius 3 is 2.80 bits per heavy atom. The summed E-state index contributed by atoms with van der Waals surface area (Å²) < 4.78 is 5.46. The molecule has 0 spiro atoms. The van der Waals surface area contributed by atoms with Crippen molar-refractivity contribution in [2.45, 2.75) is 45.2 Å². The van der Waals surface area contributed by atoms with Gasteiger partial charge in [0.1, 0.15) is 0 Å². The Bertz CT molecular complexity index is 319. The molecule has 1 aromatic heterocycles. The molecule has 84 valence electrons. The first-order chi connectivity index (χ1) is 7.22. The Kier molecular flexibility index (Phi) is 2.90. The van der Waals surface area contributed by atoms with E-state index in [4.69, 9.17) is 4.42 Å². The lowest BCUT2D eigenvalue weighted by molar-refractivity contribution is 0.297. The van der Waals surface area contributed by atoms with Gasteiger partial charge < -0.3 is 15.1 Å². The van der Waals surface area contributed by atoms with E-state index in [0.29, 0.717) is 18.5 Å². The molecule has 1 fully saturated rings. The second-order valence-electron chi connectivity index (χ2n) is 4.32. The van der Waals surface area contributed by atoms with Gasteiger partial charge in [-0.05, 0) is 32.7 Å². The summed E-state index contributed by atoms with van der Waals surface area (Å²) in [5, 5.41) is 14.4. The number of nitrogens with zero attached hydrogens (tertiary/aromatic N) is 2. The first-order valence-corrected chi connectivity index (χ1v) is 5.53. The van der Waals surface area contributed by atoms with Crippen LogP contribution in [-0.4, -0.2) is 22.3 Å². The van der Waals surface area contributed by atoms with E-state index in [1.807, 2.05) is 6.92 Å². The van der Waals surface area contributed by atoms with E-state index in [0.717, 1.165) is 6.54 Å². The van der Waals surface area contributed by atoms with Gasteiger partial charge in [0.05, 0.1) is 6.54 Å². The van der Waals surface area contributed by atoms with Crippen LogP contribution in [0.4, 0.5) is 6.01 Å². The van der Waals surface area contributed by atoms with E-state index in [1.54, 1.807) is 0 Å². The van der Waals surface area contributed by atoms with Crippen molar-refractivity contribution in [3.8, 4) is 0 Å². The second-order valence-corrected chi connectivity index (χ2v) is 4.32. The molecule has 15 heavy (non-hydrogen) atoms. The van der Waals surface area contributed by atoms with Crippen molar-refractivity contribution in [1.82, 2.24) is 15.5 Å². The van der Waals surface area contributed by atoms with Crippen molar-refractivity contribution in [3.63, 3.8) is 0 Å². The minimum Gasteiger partial charge on any atom is -0.407 e. The molecule has 0 saturated heterocycles. The third-order valence-electron chi connectivity index (χ3n) is 2.86. The lowest BCUT2D eigenvalue weighted by Crippen LogP contribution is -2.41. The lowest BCUT2D eigenvalue weighted by Gasteiger charge is -2.38. The Balaban J connectivity index is 1.89. The summed E-state index contributed by atoms with van der Waals surface area (Å²) in [7, 11) is 0. The zero-order valence-electron chi connectivity index (χ0n) is 9.34. The topological polar surface area (TPSA) is 63.0 Å². The first kappa shape index (κ1) is 10.4. The quantitative estimate of drug-likeness (QED) is 0.771. The molecule has 2 rings (SSSR count). The minimum atomic E-state index is 0.169. The number of anilines is 1. The van der Waals surface area contributed by atoms with Gasteiger partial charge in [-0.1, -0.05) is 12.0 Å². The van der Waals surface area contributed by atoms with E-state index >= 15 is 0 Å². The Labute approximate surface area is 89.6 Å². The minimum absolute atomic E-state index is 0.169. The normalized spacial score (nSPS) is 18.5. The van der Waals surface area contributed by atoms with E-state index in [1.165, 1.54) is 19.3 Å². The van der Waals surface area contributed by atoms with Gasteiger partial charge in [0.25, 0.3) is 0 Å². The summed E-state index contributed by atoms with van der Waals surface area (Å²) in [4.78, 5) is 0. The van der Waals surface area contributed by atoms with E-state index in [2.05, 4.69) is 27.8 Å². The van der Waals surface area contributed by atoms with Gasteiger partial charge in [-0.2, -0.15) is 0 Å². The summed E-state index contributed by atoms with van der Waals surface area (Å²) in [5.74, 6) is 0.641. The van der Waals surface area contributed by atoms with Crippen molar-refractivity contribution >= 4 is 6.01 Å². The maximum absolute atomic E-state index is 5.46. The Morgan fingerprint density at radius 2 is 2.20 bits per heavy atom. The van der Waals surface area contributed by atoms with Crippen LogP contribution < -0.4 is 10.6 Å². The Hall–Kier alpha value is -1.10. The molecule has 1 aliphatic carbocycles. The highest BCUT2D eigenvalue weighted by Crippen LogP contribution is 2.34. The average Bonchev–Trinajstić information content (AvgIpc) is 2.60. The smallest absolute Gasteiger partial charge is 0.315 e. The zero-order valence-corrected chi connectivity index (χ0v) is 9.34. The molecule has 1 aliphatic rings. The van der Waals surface area contributed by atoms with E-state index in [-0.39, 0.29) is 5.54 Å². The highest BCUT2D eigenvalue weighted by molar-refractivity contribution is 5.25. The molecule has 0 amide bonds. The van der Waals surface area contributed by atoms with Crippen LogP contribution in [0.5, 0.6) is 0 Å². The summed E-state index contributed by atoms with van der Waals surface area (Å²) >= 11 is 0. The predicted molar refractivity (Wildman–Crippen MR) is 57.6 cm³/mol. The fourth-order valence-electron chi connectivity index (χ4n) is 1.70. The Morgan fingerprint density at radius 1 is 1.40 bits per heavy atom. The van der Waals surface area contributed by atoms with Gasteiger partial charge in [-0.15, -0.1) is 5.10 Å². The van der Waals surface area contributed by atoms with Crippen molar-refractivity contribution < 1.29 is 4.42 Å². The standard InChI is InChI=1S/C10H18N4O/c1-3-11-7-8-13-14-9(15-8)12-10(2)5-4-6-10/h11H,3-7H2,1-2H3,(H,12,14). The molecular formula is C10H18N4O. The van der Waals surface area contributed by atoms with Crippen molar-refractivity contribution in [3.05, 3.63) is 5.89 Å². The first-order valence-electron chi connectivity index (χ1n) is 5.53. The van der Waals surface area contributed by atoms with Crippen molar-refractivity contribution in [2.75, 3.05) is 11.9 Å². The van der Waals surface area contributed by atoms with Gasteiger partial charge in [-0.3, -0.25) is 0 Å². The lowest BCUT2D eigenvalue weighted by atomic mass is 9.79. The zero-order chi connectivity index (χ0) is 10.7. The molecule has 0 aliphatic heterocycles. The number of aromatic nitrogens is 2. The molecule has 1 aromatic rings. The van der Waals surface area contributed by atoms with Crippen LogP contribution in [0.15, 0.2) is 4.42 Å². The highest BCUT2D eigenvalue weighted by Gasteiger charge is 2.32.